The van der Waals surface area contributed by atoms with Gasteiger partial charge in [-0.1, -0.05) is 35.8 Å². The molecule has 4 heteroatoms. The van der Waals surface area contributed by atoms with Crippen molar-refractivity contribution in [1.29, 1.82) is 0 Å². The molecule has 3 nitrogen and oxygen atoms in total. The van der Waals surface area contributed by atoms with Crippen LogP contribution in [-0.4, -0.2) is 11.7 Å². The van der Waals surface area contributed by atoms with Crippen molar-refractivity contribution >= 4 is 11.6 Å². The van der Waals surface area contributed by atoms with Crippen LogP contribution in [-0.2, 0) is 6.54 Å². The molecule has 1 N–H and O–H groups in total. The van der Waals surface area contributed by atoms with E-state index in [9.17, 15) is 0 Å². The van der Waals surface area contributed by atoms with E-state index in [4.69, 9.17) is 16.1 Å². The maximum atomic E-state index is 5.96. The van der Waals surface area contributed by atoms with Gasteiger partial charge in [0, 0.05) is 22.7 Å². The quantitative estimate of drug-likeness (QED) is 0.826. The normalized spacial score (nSPS) is 10.7. The lowest BCUT2D eigenvalue weighted by atomic mass is 10.1. The Morgan fingerprint density at radius 1 is 1.41 bits per heavy atom. The van der Waals surface area contributed by atoms with Crippen LogP contribution in [0.25, 0.3) is 11.3 Å². The molecular weight excluding hydrogens is 236 g/mol. The minimum Gasteiger partial charge on any atom is -0.356 e. The Kier molecular flexibility index (Phi) is 4.18. The van der Waals surface area contributed by atoms with E-state index < -0.39 is 0 Å². The first-order chi connectivity index (χ1) is 8.31. The van der Waals surface area contributed by atoms with Crippen molar-refractivity contribution in [2.24, 2.45) is 0 Å². The predicted octanol–water partition coefficient (Wildman–Crippen LogP) is 3.49. The number of aromatic nitrogens is 1. The van der Waals surface area contributed by atoms with Crippen molar-refractivity contribution in [2.75, 3.05) is 6.54 Å². The van der Waals surface area contributed by atoms with Crippen molar-refractivity contribution in [3.05, 3.63) is 41.0 Å². The van der Waals surface area contributed by atoms with Gasteiger partial charge in [-0.25, -0.2) is 0 Å². The lowest BCUT2D eigenvalue weighted by molar-refractivity contribution is 0.431. The van der Waals surface area contributed by atoms with E-state index in [1.807, 2.05) is 24.3 Å². The van der Waals surface area contributed by atoms with Gasteiger partial charge >= 0.3 is 0 Å². The molecule has 0 bridgehead atoms. The largest absolute Gasteiger partial charge is 0.356 e. The van der Waals surface area contributed by atoms with Crippen LogP contribution in [0, 0.1) is 0 Å². The van der Waals surface area contributed by atoms with Gasteiger partial charge < -0.3 is 9.84 Å². The van der Waals surface area contributed by atoms with Gasteiger partial charge in [-0.2, -0.15) is 0 Å². The number of hydrogen-bond donors (Lipinski definition) is 1. The highest BCUT2D eigenvalue weighted by Crippen LogP contribution is 2.25. The third-order valence-electron chi connectivity index (χ3n) is 2.47. The minimum atomic E-state index is 0.700. The van der Waals surface area contributed by atoms with Gasteiger partial charge in [0.15, 0.2) is 5.76 Å². The van der Waals surface area contributed by atoms with E-state index in [1.165, 1.54) is 0 Å². The molecule has 1 aromatic carbocycles. The number of hydrogen-bond acceptors (Lipinski definition) is 3. The molecule has 1 aromatic heterocycles. The van der Waals surface area contributed by atoms with Crippen molar-refractivity contribution in [3.8, 4) is 11.3 Å². The molecule has 0 atom stereocenters. The summed E-state index contributed by atoms with van der Waals surface area (Å²) in [4.78, 5) is 0. The first-order valence-corrected chi connectivity index (χ1v) is 6.09. The number of nitrogens with one attached hydrogen (secondary N) is 1. The SMILES string of the molecule is CCCNCc1cnoc1-c1cccc(Cl)c1. The third-order valence-corrected chi connectivity index (χ3v) is 2.71. The van der Waals surface area contributed by atoms with Gasteiger partial charge in [0.25, 0.3) is 0 Å². The smallest absolute Gasteiger partial charge is 0.171 e. The first kappa shape index (κ1) is 12.1. The van der Waals surface area contributed by atoms with Crippen LogP contribution in [0.4, 0.5) is 0 Å². The summed E-state index contributed by atoms with van der Waals surface area (Å²) in [5.74, 6) is 0.788. The average molecular weight is 251 g/mol. The molecule has 0 aliphatic heterocycles. The number of benzene rings is 1. The topological polar surface area (TPSA) is 38.1 Å². The Labute approximate surface area is 106 Å². The Morgan fingerprint density at radius 3 is 3.06 bits per heavy atom. The lowest BCUT2D eigenvalue weighted by Gasteiger charge is -2.03. The van der Waals surface area contributed by atoms with E-state index in [2.05, 4.69) is 17.4 Å². The zero-order valence-corrected chi connectivity index (χ0v) is 10.5. The Bertz CT molecular complexity index is 482. The summed E-state index contributed by atoms with van der Waals surface area (Å²) in [5, 5.41) is 7.88. The zero-order valence-electron chi connectivity index (χ0n) is 9.74. The van der Waals surface area contributed by atoms with E-state index in [0.29, 0.717) is 5.02 Å². The summed E-state index contributed by atoms with van der Waals surface area (Å²) < 4.78 is 5.29. The highest BCUT2D eigenvalue weighted by molar-refractivity contribution is 6.30. The maximum Gasteiger partial charge on any atom is 0.171 e. The molecule has 17 heavy (non-hydrogen) atoms. The standard InChI is InChI=1S/C13H15ClN2O/c1-2-6-15-8-11-9-16-17-13(11)10-4-3-5-12(14)7-10/h3-5,7,9,15H,2,6,8H2,1H3. The van der Waals surface area contributed by atoms with Gasteiger partial charge in [-0.3, -0.25) is 0 Å². The number of rotatable bonds is 5. The van der Waals surface area contributed by atoms with Crippen LogP contribution >= 0.6 is 11.6 Å². The van der Waals surface area contributed by atoms with Crippen LogP contribution in [0.1, 0.15) is 18.9 Å². The molecule has 0 radical (unpaired) electrons. The van der Waals surface area contributed by atoms with Crippen molar-refractivity contribution in [3.63, 3.8) is 0 Å². The summed E-state index contributed by atoms with van der Waals surface area (Å²) in [7, 11) is 0. The molecule has 1 heterocycles. The predicted molar refractivity (Wildman–Crippen MR) is 68.9 cm³/mol. The van der Waals surface area contributed by atoms with Crippen molar-refractivity contribution in [1.82, 2.24) is 10.5 Å². The molecule has 0 saturated carbocycles. The number of halogens is 1. The van der Waals surface area contributed by atoms with Gasteiger partial charge in [0.2, 0.25) is 0 Å². The monoisotopic (exact) mass is 250 g/mol. The molecule has 0 saturated heterocycles. The van der Waals surface area contributed by atoms with Crippen LogP contribution < -0.4 is 5.32 Å². The first-order valence-electron chi connectivity index (χ1n) is 5.71. The average Bonchev–Trinajstić information content (AvgIpc) is 2.78. The van der Waals surface area contributed by atoms with Crippen molar-refractivity contribution < 1.29 is 4.52 Å². The molecule has 0 spiro atoms. The third kappa shape index (κ3) is 3.08. The molecule has 0 aliphatic carbocycles. The highest BCUT2D eigenvalue weighted by atomic mass is 35.5. The molecule has 0 unspecified atom stereocenters. The van der Waals surface area contributed by atoms with E-state index in [0.717, 1.165) is 36.4 Å². The zero-order chi connectivity index (χ0) is 12.1. The highest BCUT2D eigenvalue weighted by Gasteiger charge is 2.10. The Balaban J connectivity index is 2.18. The van der Waals surface area contributed by atoms with Gasteiger partial charge in [-0.15, -0.1) is 0 Å². The fourth-order valence-electron chi connectivity index (χ4n) is 1.65. The minimum absolute atomic E-state index is 0.700. The summed E-state index contributed by atoms with van der Waals surface area (Å²) in [5.41, 5.74) is 2.02. The van der Waals surface area contributed by atoms with Crippen molar-refractivity contribution in [2.45, 2.75) is 19.9 Å². The van der Waals surface area contributed by atoms with Crippen LogP contribution in [0.3, 0.4) is 0 Å². The Morgan fingerprint density at radius 2 is 2.29 bits per heavy atom. The molecule has 90 valence electrons. The summed E-state index contributed by atoms with van der Waals surface area (Å²) in [6.45, 7) is 3.89. The maximum absolute atomic E-state index is 5.96. The second-order valence-corrected chi connectivity index (χ2v) is 4.30. The fraction of sp³-hybridized carbons (Fsp3) is 0.308. The molecular formula is C13H15ClN2O. The molecule has 0 fully saturated rings. The van der Waals surface area contributed by atoms with E-state index in [1.54, 1.807) is 6.20 Å². The molecule has 2 aromatic rings. The Hall–Kier alpha value is -1.32. The summed E-state index contributed by atoms with van der Waals surface area (Å²) in [6.07, 6.45) is 2.86. The van der Waals surface area contributed by atoms with Gasteiger partial charge in [0.1, 0.15) is 0 Å². The molecule has 0 aliphatic rings. The van der Waals surface area contributed by atoms with Crippen LogP contribution in [0.15, 0.2) is 35.0 Å². The van der Waals surface area contributed by atoms with E-state index in [-0.39, 0.29) is 0 Å². The summed E-state index contributed by atoms with van der Waals surface area (Å²) >= 11 is 5.96. The van der Waals surface area contributed by atoms with Crippen LogP contribution in [0.5, 0.6) is 0 Å². The second kappa shape index (κ2) is 5.84. The van der Waals surface area contributed by atoms with Gasteiger partial charge in [0.05, 0.1) is 6.20 Å². The van der Waals surface area contributed by atoms with Gasteiger partial charge in [-0.05, 0) is 25.1 Å². The van der Waals surface area contributed by atoms with E-state index >= 15 is 0 Å². The second-order valence-electron chi connectivity index (χ2n) is 3.87. The molecule has 0 amide bonds. The number of nitrogens with zero attached hydrogens (tertiary/aromatic N) is 1. The summed E-state index contributed by atoms with van der Waals surface area (Å²) in [6, 6.07) is 7.60. The fourth-order valence-corrected chi connectivity index (χ4v) is 1.84. The van der Waals surface area contributed by atoms with Crippen LogP contribution in [0.2, 0.25) is 5.02 Å². The molecule has 2 rings (SSSR count). The lowest BCUT2D eigenvalue weighted by Crippen LogP contribution is -2.13.